The second-order valence-electron chi connectivity index (χ2n) is 3.53. The molecule has 3 nitrogen and oxygen atoms in total. The van der Waals surface area contributed by atoms with Gasteiger partial charge in [0.1, 0.15) is 23.3 Å². The Labute approximate surface area is 110 Å². The van der Waals surface area contributed by atoms with Gasteiger partial charge in [-0.05, 0) is 42.5 Å². The summed E-state index contributed by atoms with van der Waals surface area (Å²) in [4.78, 5) is 0. The Bertz CT molecular complexity index is 588. The monoisotopic (exact) mass is 259 g/mol. The Morgan fingerprint density at radius 2 is 1.72 bits per heavy atom. The summed E-state index contributed by atoms with van der Waals surface area (Å²) in [5, 5.41) is 9.50. The Balaban J connectivity index is 2.25. The van der Waals surface area contributed by atoms with Crippen LogP contribution in [0.15, 0.2) is 42.5 Å². The lowest BCUT2D eigenvalue weighted by Crippen LogP contribution is -1.88. The van der Waals surface area contributed by atoms with E-state index in [-0.39, 0.29) is 0 Å². The Kier molecular flexibility index (Phi) is 3.71. The quantitative estimate of drug-likeness (QED) is 0.836. The third-order valence-electron chi connectivity index (χ3n) is 2.35. The van der Waals surface area contributed by atoms with Crippen LogP contribution < -0.4 is 9.47 Å². The van der Waals surface area contributed by atoms with Crippen LogP contribution in [0.1, 0.15) is 5.56 Å². The molecule has 0 unspecified atom stereocenters. The molecule has 0 saturated carbocycles. The summed E-state index contributed by atoms with van der Waals surface area (Å²) < 4.78 is 10.7. The summed E-state index contributed by atoms with van der Waals surface area (Å²) in [5.74, 6) is 1.86. The fraction of sp³-hybridized carbons (Fsp3) is 0.0714. The van der Waals surface area contributed by atoms with Gasteiger partial charge in [-0.15, -0.1) is 0 Å². The average Bonchev–Trinajstić information content (AvgIpc) is 2.41. The second kappa shape index (κ2) is 5.44. The maximum atomic E-state index is 8.99. The van der Waals surface area contributed by atoms with Crippen LogP contribution >= 0.6 is 11.6 Å². The predicted octanol–water partition coefficient (Wildman–Crippen LogP) is 4.01. The summed E-state index contributed by atoms with van der Waals surface area (Å²) in [5.41, 5.74) is 0.401. The predicted molar refractivity (Wildman–Crippen MR) is 69.2 cm³/mol. The van der Waals surface area contributed by atoms with Crippen LogP contribution in [0.25, 0.3) is 0 Å². The summed E-state index contributed by atoms with van der Waals surface area (Å²) in [6.07, 6.45) is 0. The van der Waals surface area contributed by atoms with Gasteiger partial charge in [-0.3, -0.25) is 0 Å². The number of methoxy groups -OCH3 is 1. The van der Waals surface area contributed by atoms with Gasteiger partial charge in [-0.2, -0.15) is 5.26 Å². The first-order chi connectivity index (χ1) is 8.72. The highest BCUT2D eigenvalue weighted by atomic mass is 35.5. The Morgan fingerprint density at radius 1 is 1.06 bits per heavy atom. The van der Waals surface area contributed by atoms with Gasteiger partial charge in [0.05, 0.1) is 12.7 Å². The fourth-order valence-electron chi connectivity index (χ4n) is 1.45. The van der Waals surface area contributed by atoms with Crippen LogP contribution in [0.5, 0.6) is 17.2 Å². The van der Waals surface area contributed by atoms with Crippen molar-refractivity contribution >= 4 is 11.6 Å². The molecule has 2 aromatic carbocycles. The highest BCUT2D eigenvalue weighted by Gasteiger charge is 2.05. The molecule has 0 aromatic heterocycles. The molecule has 90 valence electrons. The van der Waals surface area contributed by atoms with Crippen molar-refractivity contribution in [3.05, 3.63) is 53.1 Å². The standard InChI is InChI=1S/C14H10ClNO2/c1-17-12-3-5-13(6-4-12)18-14-7-2-11(15)8-10(14)9-16/h2-8H,1H3. The molecule has 0 aliphatic heterocycles. The first-order valence-electron chi connectivity index (χ1n) is 5.24. The van der Waals surface area contributed by atoms with Crippen molar-refractivity contribution in [2.45, 2.75) is 0 Å². The molecule has 0 atom stereocenters. The number of ether oxygens (including phenoxy) is 2. The second-order valence-corrected chi connectivity index (χ2v) is 3.97. The molecule has 4 heteroatoms. The molecular formula is C14H10ClNO2. The van der Waals surface area contributed by atoms with Gasteiger partial charge in [-0.1, -0.05) is 11.6 Å². The average molecular weight is 260 g/mol. The van der Waals surface area contributed by atoms with Crippen molar-refractivity contribution in [2.24, 2.45) is 0 Å². The van der Waals surface area contributed by atoms with Gasteiger partial charge < -0.3 is 9.47 Å². The minimum absolute atomic E-state index is 0.401. The van der Waals surface area contributed by atoms with E-state index in [1.165, 1.54) is 0 Å². The summed E-state index contributed by atoms with van der Waals surface area (Å²) in [6, 6.07) is 14.1. The molecule has 0 aliphatic rings. The van der Waals surface area contributed by atoms with E-state index in [4.69, 9.17) is 26.3 Å². The number of hydrogen-bond acceptors (Lipinski definition) is 3. The van der Waals surface area contributed by atoms with E-state index in [1.807, 2.05) is 6.07 Å². The van der Waals surface area contributed by atoms with E-state index < -0.39 is 0 Å². The first-order valence-corrected chi connectivity index (χ1v) is 5.62. The lowest BCUT2D eigenvalue weighted by atomic mass is 10.2. The van der Waals surface area contributed by atoms with Gasteiger partial charge >= 0.3 is 0 Å². The van der Waals surface area contributed by atoms with Gasteiger partial charge in [-0.25, -0.2) is 0 Å². The van der Waals surface area contributed by atoms with Crippen molar-refractivity contribution in [1.82, 2.24) is 0 Å². The molecule has 2 rings (SSSR count). The smallest absolute Gasteiger partial charge is 0.145 e. The van der Waals surface area contributed by atoms with Crippen molar-refractivity contribution < 1.29 is 9.47 Å². The van der Waals surface area contributed by atoms with Gasteiger partial charge in [0.2, 0.25) is 0 Å². The molecule has 0 N–H and O–H groups in total. The van der Waals surface area contributed by atoms with Crippen molar-refractivity contribution in [2.75, 3.05) is 7.11 Å². The van der Waals surface area contributed by atoms with Gasteiger partial charge in [0, 0.05) is 5.02 Å². The first kappa shape index (κ1) is 12.3. The van der Waals surface area contributed by atoms with E-state index in [0.29, 0.717) is 22.1 Å². The summed E-state index contributed by atoms with van der Waals surface area (Å²) in [7, 11) is 1.60. The number of nitrogens with zero attached hydrogens (tertiary/aromatic N) is 1. The summed E-state index contributed by atoms with van der Waals surface area (Å²) >= 11 is 5.81. The number of hydrogen-bond donors (Lipinski definition) is 0. The lowest BCUT2D eigenvalue weighted by molar-refractivity contribution is 0.413. The third kappa shape index (κ3) is 2.73. The molecule has 0 bridgehead atoms. The number of benzene rings is 2. The van der Waals surface area contributed by atoms with Crippen LogP contribution in [0.3, 0.4) is 0 Å². The maximum absolute atomic E-state index is 8.99. The maximum Gasteiger partial charge on any atom is 0.145 e. The van der Waals surface area contributed by atoms with Crippen LogP contribution in [0.4, 0.5) is 0 Å². The minimum atomic E-state index is 0.401. The van der Waals surface area contributed by atoms with Crippen LogP contribution in [-0.2, 0) is 0 Å². The zero-order valence-electron chi connectivity index (χ0n) is 9.68. The SMILES string of the molecule is COc1ccc(Oc2ccc(Cl)cc2C#N)cc1. The van der Waals surface area contributed by atoms with Gasteiger partial charge in [0.15, 0.2) is 0 Å². The van der Waals surface area contributed by atoms with Crippen molar-refractivity contribution in [1.29, 1.82) is 5.26 Å². The fourth-order valence-corrected chi connectivity index (χ4v) is 1.62. The molecule has 18 heavy (non-hydrogen) atoms. The van der Waals surface area contributed by atoms with E-state index in [9.17, 15) is 0 Å². The molecule has 0 saturated heterocycles. The molecule has 0 heterocycles. The topological polar surface area (TPSA) is 42.2 Å². The van der Waals surface area contributed by atoms with E-state index in [0.717, 1.165) is 5.75 Å². The minimum Gasteiger partial charge on any atom is -0.497 e. The van der Waals surface area contributed by atoms with Crippen molar-refractivity contribution in [3.8, 4) is 23.3 Å². The molecular weight excluding hydrogens is 250 g/mol. The largest absolute Gasteiger partial charge is 0.497 e. The van der Waals surface area contributed by atoms with Crippen LogP contribution in [-0.4, -0.2) is 7.11 Å². The number of rotatable bonds is 3. The molecule has 2 aromatic rings. The summed E-state index contributed by atoms with van der Waals surface area (Å²) in [6.45, 7) is 0. The Hall–Kier alpha value is -2.18. The third-order valence-corrected chi connectivity index (χ3v) is 2.58. The van der Waals surface area contributed by atoms with E-state index >= 15 is 0 Å². The molecule has 0 aliphatic carbocycles. The zero-order valence-corrected chi connectivity index (χ0v) is 10.4. The highest BCUT2D eigenvalue weighted by Crippen LogP contribution is 2.28. The lowest BCUT2D eigenvalue weighted by Gasteiger charge is -2.08. The molecule has 0 fully saturated rings. The van der Waals surface area contributed by atoms with E-state index in [2.05, 4.69) is 0 Å². The highest BCUT2D eigenvalue weighted by molar-refractivity contribution is 6.30. The van der Waals surface area contributed by atoms with Gasteiger partial charge in [0.25, 0.3) is 0 Å². The Morgan fingerprint density at radius 3 is 2.33 bits per heavy atom. The van der Waals surface area contributed by atoms with Crippen LogP contribution in [0, 0.1) is 11.3 Å². The van der Waals surface area contributed by atoms with Crippen LogP contribution in [0.2, 0.25) is 5.02 Å². The van der Waals surface area contributed by atoms with Crippen molar-refractivity contribution in [3.63, 3.8) is 0 Å². The number of halogens is 1. The number of nitriles is 1. The molecule has 0 spiro atoms. The molecule has 0 amide bonds. The molecule has 0 radical (unpaired) electrons. The normalized spacial score (nSPS) is 9.61. The van der Waals surface area contributed by atoms with E-state index in [1.54, 1.807) is 49.6 Å². The zero-order chi connectivity index (χ0) is 13.0.